The first-order chi connectivity index (χ1) is 16.6. The Morgan fingerprint density at radius 1 is 1.06 bits per heavy atom. The third kappa shape index (κ3) is 4.92. The number of carbonyl (C=O) groups is 1. The Hall–Kier alpha value is -2.91. The first kappa shape index (κ1) is 23.8. The molecule has 184 valence electrons. The highest BCUT2D eigenvalue weighted by molar-refractivity contribution is 7.90. The molecular weight excluding hydrogens is 474 g/mol. The Kier molecular flexibility index (Phi) is 5.88. The van der Waals surface area contributed by atoms with Crippen LogP contribution >= 0.6 is 0 Å². The molecule has 2 heterocycles. The van der Waals surface area contributed by atoms with Gasteiger partial charge in [0.25, 0.3) is 11.8 Å². The van der Waals surface area contributed by atoms with E-state index in [9.17, 15) is 27.1 Å². The molecule has 6 nitrogen and oxygen atoms in total. The maximum absolute atomic E-state index is 13.2. The molecule has 0 spiro atoms. The second kappa shape index (κ2) is 8.64. The summed E-state index contributed by atoms with van der Waals surface area (Å²) in [7, 11) is -3.66. The van der Waals surface area contributed by atoms with E-state index in [1.807, 2.05) is 12.1 Å². The van der Waals surface area contributed by atoms with Gasteiger partial charge >= 0.3 is 0 Å². The second-order valence-electron chi connectivity index (χ2n) is 9.67. The van der Waals surface area contributed by atoms with Gasteiger partial charge in [-0.1, -0.05) is 30.3 Å². The number of benzene rings is 2. The number of sulfone groups is 1. The number of amides is 1. The summed E-state index contributed by atoms with van der Waals surface area (Å²) in [5, 5.41) is 11.4. The molecule has 1 amide bonds. The van der Waals surface area contributed by atoms with Crippen LogP contribution in [0, 0.1) is 5.92 Å². The Morgan fingerprint density at radius 2 is 1.71 bits per heavy atom. The number of pyridine rings is 1. The number of hydrogen-bond acceptors (Lipinski definition) is 5. The molecule has 1 N–H and O–H groups in total. The van der Waals surface area contributed by atoms with E-state index in [4.69, 9.17) is 0 Å². The normalized spacial score (nSPS) is 21.1. The number of para-hydroxylation sites is 1. The van der Waals surface area contributed by atoms with E-state index in [2.05, 4.69) is 4.98 Å². The van der Waals surface area contributed by atoms with Crippen LogP contribution in [0.3, 0.4) is 0 Å². The van der Waals surface area contributed by atoms with Crippen molar-refractivity contribution in [3.63, 3.8) is 0 Å². The van der Waals surface area contributed by atoms with Crippen LogP contribution in [0.25, 0.3) is 10.9 Å². The molecule has 35 heavy (non-hydrogen) atoms. The third-order valence-electron chi connectivity index (χ3n) is 7.05. The number of aromatic nitrogens is 1. The zero-order valence-electron chi connectivity index (χ0n) is 19.0. The molecule has 1 saturated carbocycles. The topological polar surface area (TPSA) is 87.6 Å². The summed E-state index contributed by atoms with van der Waals surface area (Å²) in [4.78, 5) is 18.9. The lowest BCUT2D eigenvalue weighted by Gasteiger charge is -2.38. The lowest BCUT2D eigenvalue weighted by Crippen LogP contribution is -2.47. The zero-order chi connectivity index (χ0) is 24.8. The maximum Gasteiger partial charge on any atom is 0.253 e. The van der Waals surface area contributed by atoms with Crippen molar-refractivity contribution in [2.75, 3.05) is 13.1 Å². The first-order valence-corrected chi connectivity index (χ1v) is 13.3. The Bertz CT molecular complexity index is 1360. The van der Waals surface area contributed by atoms with Crippen molar-refractivity contribution in [3.05, 3.63) is 71.9 Å². The number of fused-ring (bicyclic) bond motifs is 1. The molecule has 5 rings (SSSR count). The van der Waals surface area contributed by atoms with Crippen LogP contribution < -0.4 is 0 Å². The molecule has 1 aromatic heterocycles. The molecule has 2 aromatic carbocycles. The molecule has 1 aliphatic heterocycles. The third-order valence-corrected chi connectivity index (χ3v) is 8.76. The lowest BCUT2D eigenvalue weighted by atomic mass is 9.86. The van der Waals surface area contributed by atoms with E-state index in [0.717, 1.165) is 5.39 Å². The quantitative estimate of drug-likeness (QED) is 0.548. The monoisotopic (exact) mass is 500 g/mol. The predicted octanol–water partition coefficient (Wildman–Crippen LogP) is 4.22. The van der Waals surface area contributed by atoms with Crippen molar-refractivity contribution < 1.29 is 27.1 Å². The van der Waals surface area contributed by atoms with Gasteiger partial charge < -0.3 is 10.0 Å². The van der Waals surface area contributed by atoms with Crippen LogP contribution in [0.2, 0.25) is 0 Å². The van der Waals surface area contributed by atoms with Gasteiger partial charge in [0, 0.05) is 42.6 Å². The fourth-order valence-corrected chi connectivity index (χ4v) is 6.37. The van der Waals surface area contributed by atoms with Gasteiger partial charge in [-0.3, -0.25) is 9.78 Å². The van der Waals surface area contributed by atoms with E-state index >= 15 is 0 Å². The van der Waals surface area contributed by atoms with Crippen molar-refractivity contribution in [2.45, 2.75) is 47.9 Å². The number of halogens is 2. The average Bonchev–Trinajstić information content (AvgIpc) is 3.43. The molecule has 0 bridgehead atoms. The highest BCUT2D eigenvalue weighted by atomic mass is 32.2. The molecule has 3 aromatic rings. The summed E-state index contributed by atoms with van der Waals surface area (Å²) in [6, 6.07) is 15.1. The summed E-state index contributed by atoms with van der Waals surface area (Å²) in [5.41, 5.74) is 0.234. The smallest absolute Gasteiger partial charge is 0.253 e. The van der Waals surface area contributed by atoms with Gasteiger partial charge in [-0.25, -0.2) is 17.2 Å². The first-order valence-electron chi connectivity index (χ1n) is 11.6. The minimum atomic E-state index is -3.66. The number of alkyl halides is 2. The van der Waals surface area contributed by atoms with Crippen LogP contribution in [0.1, 0.15) is 41.6 Å². The Balaban J connectivity index is 1.23. The van der Waals surface area contributed by atoms with Crippen molar-refractivity contribution in [3.8, 4) is 0 Å². The van der Waals surface area contributed by atoms with E-state index in [1.165, 1.54) is 0 Å². The Labute approximate surface area is 202 Å². The van der Waals surface area contributed by atoms with Crippen LogP contribution in [0.5, 0.6) is 0 Å². The van der Waals surface area contributed by atoms with Gasteiger partial charge in [-0.15, -0.1) is 0 Å². The standard InChI is InChI=1S/C26H26F2N2O4S/c27-26(28)16-21(26)15-25(32)10-13-30(14-11-25)24(31)20-8-6-18(7-9-20)17-35(33,34)22-5-1-3-19-4-2-12-29-23(19)22/h1-9,12,21,32H,10-11,13-17H2. The molecule has 1 unspecified atom stereocenters. The van der Waals surface area contributed by atoms with Gasteiger partial charge in [0.05, 0.1) is 21.8 Å². The number of hydrogen-bond donors (Lipinski definition) is 1. The average molecular weight is 501 g/mol. The zero-order valence-corrected chi connectivity index (χ0v) is 19.8. The number of rotatable bonds is 6. The highest BCUT2D eigenvalue weighted by Gasteiger charge is 2.59. The minimum Gasteiger partial charge on any atom is -0.390 e. The molecule has 2 fully saturated rings. The van der Waals surface area contributed by atoms with E-state index in [-0.39, 0.29) is 55.3 Å². The number of piperidine rings is 1. The van der Waals surface area contributed by atoms with Gasteiger partial charge in [-0.05, 0) is 49.1 Å². The molecule has 9 heteroatoms. The number of carbonyl (C=O) groups excluding carboxylic acids is 1. The maximum atomic E-state index is 13.2. The largest absolute Gasteiger partial charge is 0.390 e. The van der Waals surface area contributed by atoms with Crippen molar-refractivity contribution in [1.82, 2.24) is 9.88 Å². The fourth-order valence-electron chi connectivity index (χ4n) is 4.83. The van der Waals surface area contributed by atoms with E-state index in [1.54, 1.807) is 53.6 Å². The van der Waals surface area contributed by atoms with E-state index in [0.29, 0.717) is 16.6 Å². The second-order valence-corrected chi connectivity index (χ2v) is 11.6. The Morgan fingerprint density at radius 3 is 2.37 bits per heavy atom. The predicted molar refractivity (Wildman–Crippen MR) is 127 cm³/mol. The summed E-state index contributed by atoms with van der Waals surface area (Å²) >= 11 is 0. The van der Waals surface area contributed by atoms with Crippen molar-refractivity contribution >= 4 is 26.6 Å². The van der Waals surface area contributed by atoms with Gasteiger partial charge in [0.1, 0.15) is 0 Å². The SMILES string of the molecule is O=C(c1ccc(CS(=O)(=O)c2cccc3cccnc23)cc1)N1CCC(O)(CC2CC2(F)F)CC1. The summed E-state index contributed by atoms with van der Waals surface area (Å²) in [5.74, 6) is -3.87. The van der Waals surface area contributed by atoms with Gasteiger partial charge in [-0.2, -0.15) is 0 Å². The van der Waals surface area contributed by atoms with Gasteiger partial charge in [0.15, 0.2) is 9.84 Å². The summed E-state index contributed by atoms with van der Waals surface area (Å²) < 4.78 is 52.6. The molecule has 0 radical (unpaired) electrons. The lowest BCUT2D eigenvalue weighted by molar-refractivity contribution is -0.0366. The van der Waals surface area contributed by atoms with E-state index < -0.39 is 27.3 Å². The minimum absolute atomic E-state index is 0.0669. The number of aliphatic hydroxyl groups is 1. The van der Waals surface area contributed by atoms with Crippen LogP contribution in [-0.2, 0) is 15.6 Å². The number of nitrogens with zero attached hydrogens (tertiary/aromatic N) is 2. The summed E-state index contributed by atoms with van der Waals surface area (Å²) in [6.45, 7) is 0.579. The fraction of sp³-hybridized carbons (Fsp3) is 0.385. The van der Waals surface area contributed by atoms with Crippen molar-refractivity contribution in [2.24, 2.45) is 5.92 Å². The van der Waals surface area contributed by atoms with Crippen LogP contribution in [0.15, 0.2) is 65.7 Å². The molecule has 2 aliphatic rings. The molecule has 1 saturated heterocycles. The molecular formula is C26H26F2N2O4S. The van der Waals surface area contributed by atoms with Crippen LogP contribution in [-0.4, -0.2) is 53.9 Å². The molecule has 1 aliphatic carbocycles. The molecule has 1 atom stereocenters. The number of likely N-dealkylation sites (tertiary alicyclic amines) is 1. The van der Waals surface area contributed by atoms with Crippen molar-refractivity contribution in [1.29, 1.82) is 0 Å². The van der Waals surface area contributed by atoms with Crippen LogP contribution in [0.4, 0.5) is 8.78 Å². The summed E-state index contributed by atoms with van der Waals surface area (Å²) in [6.07, 6.45) is 1.99. The highest BCUT2D eigenvalue weighted by Crippen LogP contribution is 2.53. The van der Waals surface area contributed by atoms with Gasteiger partial charge in [0.2, 0.25) is 0 Å².